The normalized spacial score (nSPS) is 28.9. The summed E-state index contributed by atoms with van der Waals surface area (Å²) in [4.78, 5) is 53.0. The van der Waals surface area contributed by atoms with Gasteiger partial charge in [-0.15, -0.1) is 0 Å². The van der Waals surface area contributed by atoms with Gasteiger partial charge in [-0.25, -0.2) is 8.78 Å². The molecule has 4 aromatic rings. The molecule has 64 heavy (non-hydrogen) atoms. The number of nitrogens with zero attached hydrogens (tertiary/aromatic N) is 2. The highest BCUT2D eigenvalue weighted by atomic mass is 19.1. The first-order valence-electron chi connectivity index (χ1n) is 23.3. The number of methoxy groups -OCH3 is 2. The SMILES string of the molecule is COCCN1[C@H](C(=O)c2ccccc2)[C@H](c2cccc(F)c2C)C[C@]1(C(=O)[C@]1(C2CCCNC2)C[C@@H](c2cccc(F)c2C)[C@@H](C(=O)c2ccccc2)N1CCOC)C1CCCNC1. The molecule has 0 aromatic heterocycles. The average Bonchev–Trinajstić information content (AvgIpc) is 3.86. The molecule has 4 aliphatic heterocycles. The molecule has 2 N–H and O–H groups in total. The predicted octanol–water partition coefficient (Wildman–Crippen LogP) is 7.70. The predicted molar refractivity (Wildman–Crippen MR) is 245 cm³/mol. The van der Waals surface area contributed by atoms with Crippen molar-refractivity contribution in [3.63, 3.8) is 0 Å². The fourth-order valence-corrected chi connectivity index (χ4v) is 12.4. The number of likely N-dealkylation sites (tertiary alicyclic amines) is 2. The highest BCUT2D eigenvalue weighted by molar-refractivity contribution is 6.06. The molecule has 11 heteroatoms. The topological polar surface area (TPSA) is 100 Å². The van der Waals surface area contributed by atoms with E-state index < -0.39 is 35.0 Å². The maximum absolute atomic E-state index is 17.7. The van der Waals surface area contributed by atoms with Crippen LogP contribution in [0.4, 0.5) is 8.78 Å². The number of halogens is 2. The van der Waals surface area contributed by atoms with Crippen molar-refractivity contribution in [2.75, 3.05) is 66.7 Å². The standard InChI is InChI=1S/C53H64F2N4O5/c1-35-41(21-11-23-45(35)54)43-31-52(39-19-13-25-56-33-39,58(27-29-63-3)47(43)49(60)37-15-7-5-8-16-37)51(62)53(40-20-14-26-57-34-40)32-44(42-22-12-24-46(55)36(42)2)48(59(53)28-30-64-4)50(61)38-17-9-6-10-18-38/h5-12,15-18,21-24,39-40,43-44,47-48,56-57H,13-14,19-20,25-34H2,1-4H3/t39?,40?,43-,44-,47-,48-,52+,53+/m0/s1. The van der Waals surface area contributed by atoms with E-state index in [0.29, 0.717) is 46.5 Å². The number of ether oxygens (including phenoxy) is 2. The molecule has 4 aromatic carbocycles. The van der Waals surface area contributed by atoms with Crippen molar-refractivity contribution in [3.05, 3.63) is 142 Å². The molecule has 0 radical (unpaired) electrons. The van der Waals surface area contributed by atoms with Gasteiger partial charge in [-0.05, 0) is 112 Å². The van der Waals surface area contributed by atoms with Gasteiger partial charge >= 0.3 is 0 Å². The zero-order chi connectivity index (χ0) is 45.0. The number of Topliss-reactive ketones (excluding diaryl/α,β-unsaturated/α-hetero) is 3. The molecule has 2 unspecified atom stereocenters. The molecular formula is C53H64F2N4O5. The van der Waals surface area contributed by atoms with Gasteiger partial charge in [0, 0.05) is 63.4 Å². The van der Waals surface area contributed by atoms with Crippen LogP contribution < -0.4 is 10.6 Å². The summed E-state index contributed by atoms with van der Waals surface area (Å²) in [6.45, 7) is 7.21. The van der Waals surface area contributed by atoms with Crippen LogP contribution in [0.5, 0.6) is 0 Å². The van der Waals surface area contributed by atoms with E-state index in [1.807, 2.05) is 72.8 Å². The number of hydrogen-bond acceptors (Lipinski definition) is 9. The Morgan fingerprint density at radius 1 is 0.609 bits per heavy atom. The number of piperidine rings is 2. The minimum Gasteiger partial charge on any atom is -0.383 e. The number of carbonyl (C=O) groups excluding carboxylic acids is 3. The number of ketones is 3. The largest absolute Gasteiger partial charge is 0.383 e. The van der Waals surface area contributed by atoms with Gasteiger partial charge < -0.3 is 20.1 Å². The molecule has 0 spiro atoms. The lowest BCUT2D eigenvalue weighted by Gasteiger charge is -2.54. The van der Waals surface area contributed by atoms with Gasteiger partial charge in [0.15, 0.2) is 17.3 Å². The highest BCUT2D eigenvalue weighted by Gasteiger charge is 2.70. The van der Waals surface area contributed by atoms with Crippen molar-refractivity contribution in [1.82, 2.24) is 20.4 Å². The van der Waals surface area contributed by atoms with Crippen LogP contribution >= 0.6 is 0 Å². The summed E-state index contributed by atoms with van der Waals surface area (Å²) in [6.07, 6.45) is 3.61. The molecule has 4 aliphatic rings. The summed E-state index contributed by atoms with van der Waals surface area (Å²) in [5, 5.41) is 7.29. The second-order valence-electron chi connectivity index (χ2n) is 18.5. The summed E-state index contributed by atoms with van der Waals surface area (Å²) < 4.78 is 43.4. The lowest BCUT2D eigenvalue weighted by atomic mass is 9.62. The fourth-order valence-electron chi connectivity index (χ4n) is 12.4. The van der Waals surface area contributed by atoms with E-state index in [1.54, 1.807) is 40.2 Å². The molecule has 4 fully saturated rings. The van der Waals surface area contributed by atoms with E-state index in [2.05, 4.69) is 20.4 Å². The van der Waals surface area contributed by atoms with Gasteiger partial charge in [0.25, 0.3) is 0 Å². The van der Waals surface area contributed by atoms with Crippen LogP contribution in [0.2, 0.25) is 0 Å². The van der Waals surface area contributed by atoms with Gasteiger partial charge in [0.1, 0.15) is 11.6 Å². The van der Waals surface area contributed by atoms with Gasteiger partial charge in [-0.3, -0.25) is 24.2 Å². The molecule has 8 atom stereocenters. The molecule has 0 aliphatic carbocycles. The van der Waals surface area contributed by atoms with Crippen molar-refractivity contribution in [2.24, 2.45) is 11.8 Å². The molecule has 8 rings (SSSR count). The third kappa shape index (κ3) is 8.22. The van der Waals surface area contributed by atoms with Gasteiger partial charge in [0.05, 0.1) is 36.4 Å². The molecule has 4 heterocycles. The monoisotopic (exact) mass is 874 g/mol. The second-order valence-corrected chi connectivity index (χ2v) is 18.5. The Labute approximate surface area is 377 Å². The van der Waals surface area contributed by atoms with Crippen LogP contribution in [0.3, 0.4) is 0 Å². The van der Waals surface area contributed by atoms with E-state index in [1.165, 1.54) is 12.1 Å². The van der Waals surface area contributed by atoms with E-state index >= 15 is 23.2 Å². The van der Waals surface area contributed by atoms with Crippen molar-refractivity contribution in [2.45, 2.75) is 87.4 Å². The summed E-state index contributed by atoms with van der Waals surface area (Å²) in [5.74, 6) is -2.67. The van der Waals surface area contributed by atoms with Crippen LogP contribution in [-0.2, 0) is 14.3 Å². The van der Waals surface area contributed by atoms with Crippen molar-refractivity contribution in [3.8, 4) is 0 Å². The third-order valence-corrected chi connectivity index (χ3v) is 15.4. The summed E-state index contributed by atoms with van der Waals surface area (Å²) in [7, 11) is 3.27. The Kier molecular flexibility index (Phi) is 14.4. The Morgan fingerprint density at radius 3 is 1.38 bits per heavy atom. The molecule has 0 amide bonds. The number of carbonyl (C=O) groups is 3. The Morgan fingerprint density at radius 2 is 1.02 bits per heavy atom. The first-order valence-corrected chi connectivity index (χ1v) is 23.3. The number of nitrogens with one attached hydrogen (secondary N) is 2. The first-order chi connectivity index (χ1) is 31.1. The van der Waals surface area contributed by atoms with Crippen molar-refractivity contribution in [1.29, 1.82) is 0 Å². The van der Waals surface area contributed by atoms with E-state index in [4.69, 9.17) is 9.47 Å². The van der Waals surface area contributed by atoms with Crippen LogP contribution in [0.15, 0.2) is 97.1 Å². The maximum atomic E-state index is 17.7. The zero-order valence-corrected chi connectivity index (χ0v) is 37.8. The summed E-state index contributed by atoms with van der Waals surface area (Å²) in [6, 6.07) is 26.9. The maximum Gasteiger partial charge on any atom is 0.180 e. The minimum atomic E-state index is -1.29. The van der Waals surface area contributed by atoms with E-state index in [-0.39, 0.29) is 80.0 Å². The lowest BCUT2D eigenvalue weighted by Crippen LogP contribution is -2.72. The van der Waals surface area contributed by atoms with Crippen LogP contribution in [0.25, 0.3) is 0 Å². The molecular weight excluding hydrogens is 811 g/mol. The van der Waals surface area contributed by atoms with E-state index in [9.17, 15) is 0 Å². The van der Waals surface area contributed by atoms with Crippen molar-refractivity contribution >= 4 is 17.3 Å². The molecule has 0 bridgehead atoms. The third-order valence-electron chi connectivity index (χ3n) is 15.4. The van der Waals surface area contributed by atoms with Crippen LogP contribution in [0.1, 0.15) is 93.3 Å². The Bertz CT molecular complexity index is 2110. The van der Waals surface area contributed by atoms with E-state index in [0.717, 1.165) is 38.8 Å². The Hall–Kier alpha value is -4.49. The Balaban J connectivity index is 1.43. The molecule has 0 saturated carbocycles. The minimum absolute atomic E-state index is 0.0283. The van der Waals surface area contributed by atoms with Gasteiger partial charge in [-0.1, -0.05) is 84.9 Å². The highest BCUT2D eigenvalue weighted by Crippen LogP contribution is 2.58. The summed E-state index contributed by atoms with van der Waals surface area (Å²) >= 11 is 0. The second kappa shape index (κ2) is 19.9. The lowest BCUT2D eigenvalue weighted by molar-refractivity contribution is -0.152. The van der Waals surface area contributed by atoms with Crippen molar-refractivity contribution < 1.29 is 32.6 Å². The number of benzene rings is 4. The fraction of sp³-hybridized carbons (Fsp3) is 0.491. The first kappa shape index (κ1) is 46.1. The molecule has 4 saturated heterocycles. The van der Waals surface area contributed by atoms with Crippen LogP contribution in [0, 0.1) is 37.3 Å². The van der Waals surface area contributed by atoms with Gasteiger partial charge in [0.2, 0.25) is 0 Å². The smallest absolute Gasteiger partial charge is 0.180 e. The molecule has 9 nitrogen and oxygen atoms in total. The number of hydrogen-bond donors (Lipinski definition) is 2. The summed E-state index contributed by atoms with van der Waals surface area (Å²) in [5.41, 5.74) is 0.774. The quantitative estimate of drug-likeness (QED) is 0.110. The zero-order valence-electron chi connectivity index (χ0n) is 37.8. The average molecular weight is 875 g/mol. The van der Waals surface area contributed by atoms with Crippen LogP contribution in [-0.4, -0.2) is 117 Å². The number of rotatable bonds is 16. The van der Waals surface area contributed by atoms with Gasteiger partial charge in [-0.2, -0.15) is 0 Å². The molecule has 340 valence electrons.